The van der Waals surface area contributed by atoms with Gasteiger partial charge < -0.3 is 15.1 Å². The Balaban J connectivity index is 1.15. The van der Waals surface area contributed by atoms with Crippen molar-refractivity contribution >= 4 is 34.8 Å². The molecule has 37 heavy (non-hydrogen) atoms. The molecule has 194 valence electrons. The second-order valence-corrected chi connectivity index (χ2v) is 11.8. The van der Waals surface area contributed by atoms with Gasteiger partial charge in [-0.05, 0) is 80.5 Å². The van der Waals surface area contributed by atoms with Crippen LogP contribution in [0.15, 0.2) is 42.5 Å². The van der Waals surface area contributed by atoms with E-state index in [1.165, 1.54) is 25.3 Å². The van der Waals surface area contributed by atoms with E-state index in [0.29, 0.717) is 65.8 Å². The summed E-state index contributed by atoms with van der Waals surface area (Å²) < 4.78 is 0. The molecule has 2 aromatic rings. The molecular formula is C28H31ClN4O4. The molecule has 8 nitrogen and oxygen atoms in total. The Hall–Kier alpha value is -3.13. The van der Waals surface area contributed by atoms with Crippen LogP contribution in [0.4, 0.5) is 11.4 Å². The molecule has 2 aromatic carbocycles. The summed E-state index contributed by atoms with van der Waals surface area (Å²) in [5, 5.41) is 15.7. The highest BCUT2D eigenvalue weighted by molar-refractivity contribution is 6.33. The van der Waals surface area contributed by atoms with Crippen LogP contribution in [0.5, 0.6) is 0 Å². The molecule has 1 aliphatic heterocycles. The molecule has 5 fully saturated rings. The number of anilines is 1. The number of nitro groups is 1. The van der Waals surface area contributed by atoms with Gasteiger partial charge in [-0.2, -0.15) is 0 Å². The van der Waals surface area contributed by atoms with Gasteiger partial charge in [0.05, 0.1) is 15.5 Å². The maximum absolute atomic E-state index is 13.3. The van der Waals surface area contributed by atoms with E-state index in [1.807, 2.05) is 4.90 Å². The van der Waals surface area contributed by atoms with Crippen molar-refractivity contribution in [1.82, 2.24) is 10.2 Å². The smallest absolute Gasteiger partial charge is 0.293 e. The Morgan fingerprint density at radius 1 is 0.946 bits per heavy atom. The van der Waals surface area contributed by atoms with Crippen LogP contribution in [0, 0.1) is 27.9 Å². The predicted octanol–water partition coefficient (Wildman–Crippen LogP) is 4.91. The van der Waals surface area contributed by atoms with Gasteiger partial charge in [-0.1, -0.05) is 23.7 Å². The quantitative estimate of drug-likeness (QED) is 0.444. The third-order valence-electron chi connectivity index (χ3n) is 8.86. The Bertz CT molecular complexity index is 1220. The van der Waals surface area contributed by atoms with E-state index >= 15 is 0 Å². The minimum atomic E-state index is -0.419. The van der Waals surface area contributed by atoms with Crippen LogP contribution in [0.2, 0.25) is 5.02 Å². The zero-order valence-electron chi connectivity index (χ0n) is 20.7. The number of nitrogens with one attached hydrogen (secondary N) is 1. The standard InChI is InChI=1S/C28H31ClN4O4/c29-23-4-2-1-3-22(23)27(35)32-9-7-31(8-10-32)24-6-5-21(14-25(24)33(36)37)26(34)30-28-15-18-11-19(16-28)13-20(12-18)17-28/h1-6,14,18-20H,7-13,15-17H2,(H,30,34). The highest BCUT2D eigenvalue weighted by atomic mass is 35.5. The summed E-state index contributed by atoms with van der Waals surface area (Å²) in [6, 6.07) is 11.7. The summed E-state index contributed by atoms with van der Waals surface area (Å²) in [4.78, 5) is 41.4. The van der Waals surface area contributed by atoms with E-state index in [9.17, 15) is 19.7 Å². The fourth-order valence-electron chi connectivity index (χ4n) is 7.61. The second-order valence-electron chi connectivity index (χ2n) is 11.4. The summed E-state index contributed by atoms with van der Waals surface area (Å²) in [5.74, 6) is 1.74. The number of carbonyl (C=O) groups excluding carboxylic acids is 2. The molecular weight excluding hydrogens is 492 g/mol. The molecule has 9 heteroatoms. The first kappa shape index (κ1) is 24.2. The van der Waals surface area contributed by atoms with Crippen molar-refractivity contribution < 1.29 is 14.5 Å². The average Bonchev–Trinajstić information content (AvgIpc) is 2.87. The van der Waals surface area contributed by atoms with Gasteiger partial charge in [0.25, 0.3) is 17.5 Å². The highest BCUT2D eigenvalue weighted by Gasteiger charge is 2.51. The summed E-state index contributed by atoms with van der Waals surface area (Å²) in [6.07, 6.45) is 6.94. The maximum atomic E-state index is 13.3. The Labute approximate surface area is 221 Å². The monoisotopic (exact) mass is 522 g/mol. The number of hydrogen-bond acceptors (Lipinski definition) is 5. The number of nitrogens with zero attached hydrogens (tertiary/aromatic N) is 3. The summed E-state index contributed by atoms with van der Waals surface area (Å²) in [6.45, 7) is 1.76. The lowest BCUT2D eigenvalue weighted by Crippen LogP contribution is -2.59. The van der Waals surface area contributed by atoms with E-state index in [0.717, 1.165) is 19.3 Å². The van der Waals surface area contributed by atoms with E-state index in [2.05, 4.69) is 5.32 Å². The van der Waals surface area contributed by atoms with Crippen molar-refractivity contribution in [2.75, 3.05) is 31.1 Å². The molecule has 0 radical (unpaired) electrons. The van der Waals surface area contributed by atoms with Gasteiger partial charge in [0.1, 0.15) is 5.69 Å². The Kier molecular flexibility index (Phi) is 6.10. The van der Waals surface area contributed by atoms with Gasteiger partial charge in [-0.3, -0.25) is 19.7 Å². The van der Waals surface area contributed by atoms with Crippen molar-refractivity contribution in [1.29, 1.82) is 0 Å². The Morgan fingerprint density at radius 2 is 1.57 bits per heavy atom. The van der Waals surface area contributed by atoms with Crippen molar-refractivity contribution in [2.24, 2.45) is 17.8 Å². The fourth-order valence-corrected chi connectivity index (χ4v) is 7.83. The van der Waals surface area contributed by atoms with Gasteiger partial charge in [0, 0.05) is 43.3 Å². The molecule has 4 bridgehead atoms. The van der Waals surface area contributed by atoms with E-state index in [4.69, 9.17) is 11.6 Å². The topological polar surface area (TPSA) is 95.8 Å². The minimum Gasteiger partial charge on any atom is -0.362 e. The third kappa shape index (κ3) is 4.56. The number of piperazine rings is 1. The van der Waals surface area contributed by atoms with E-state index in [-0.39, 0.29) is 23.0 Å². The van der Waals surface area contributed by atoms with Gasteiger partial charge >= 0.3 is 0 Å². The van der Waals surface area contributed by atoms with Crippen molar-refractivity contribution in [3.05, 3.63) is 68.7 Å². The van der Waals surface area contributed by atoms with Gasteiger partial charge in [-0.15, -0.1) is 0 Å². The lowest BCUT2D eigenvalue weighted by Gasteiger charge is -2.56. The number of hydrogen-bond donors (Lipinski definition) is 1. The number of nitro benzene ring substituents is 1. The van der Waals surface area contributed by atoms with E-state index < -0.39 is 4.92 Å². The molecule has 1 heterocycles. The first-order valence-electron chi connectivity index (χ1n) is 13.2. The van der Waals surface area contributed by atoms with Crippen molar-refractivity contribution in [3.8, 4) is 0 Å². The van der Waals surface area contributed by atoms with Crippen molar-refractivity contribution in [3.63, 3.8) is 0 Å². The molecule has 0 atom stereocenters. The second kappa shape index (κ2) is 9.31. The molecule has 1 saturated heterocycles. The van der Waals surface area contributed by atoms with Gasteiger partial charge in [-0.25, -0.2) is 0 Å². The van der Waals surface area contributed by atoms with Crippen LogP contribution in [-0.2, 0) is 0 Å². The highest BCUT2D eigenvalue weighted by Crippen LogP contribution is 2.55. The molecule has 7 rings (SSSR count). The summed E-state index contributed by atoms with van der Waals surface area (Å²) >= 11 is 6.19. The SMILES string of the molecule is O=C(NC12CC3CC(CC(C3)C1)C2)c1ccc(N2CCN(C(=O)c3ccccc3Cl)CC2)c([N+](=O)[O-])c1. The molecule has 0 unspecified atom stereocenters. The van der Waals surface area contributed by atoms with Crippen LogP contribution in [0.25, 0.3) is 0 Å². The molecule has 5 aliphatic rings. The molecule has 4 saturated carbocycles. The summed E-state index contributed by atoms with van der Waals surface area (Å²) in [7, 11) is 0. The zero-order valence-corrected chi connectivity index (χ0v) is 21.5. The molecule has 0 spiro atoms. The number of rotatable bonds is 5. The normalized spacial score (nSPS) is 28.3. The number of benzene rings is 2. The number of halogens is 1. The molecule has 1 N–H and O–H groups in total. The summed E-state index contributed by atoms with van der Waals surface area (Å²) in [5.41, 5.74) is 1.03. The van der Waals surface area contributed by atoms with E-state index in [1.54, 1.807) is 41.3 Å². The molecule has 0 aromatic heterocycles. The molecule has 2 amide bonds. The van der Waals surface area contributed by atoms with Crippen molar-refractivity contribution in [2.45, 2.75) is 44.1 Å². The number of amides is 2. The van der Waals surface area contributed by atoms with Crippen LogP contribution >= 0.6 is 11.6 Å². The first-order valence-corrected chi connectivity index (χ1v) is 13.6. The van der Waals surface area contributed by atoms with Crippen LogP contribution in [0.1, 0.15) is 59.2 Å². The minimum absolute atomic E-state index is 0.0796. The number of carbonyl (C=O) groups is 2. The lowest BCUT2D eigenvalue weighted by molar-refractivity contribution is -0.384. The van der Waals surface area contributed by atoms with Crippen LogP contribution in [-0.4, -0.2) is 53.4 Å². The fraction of sp³-hybridized carbons (Fsp3) is 0.500. The lowest BCUT2D eigenvalue weighted by atomic mass is 9.53. The Morgan fingerprint density at radius 3 is 2.16 bits per heavy atom. The zero-order chi connectivity index (χ0) is 25.7. The molecule has 4 aliphatic carbocycles. The van der Waals surface area contributed by atoms with Crippen LogP contribution < -0.4 is 10.2 Å². The van der Waals surface area contributed by atoms with Gasteiger partial charge in [0.2, 0.25) is 0 Å². The first-order chi connectivity index (χ1) is 17.8. The predicted molar refractivity (Wildman–Crippen MR) is 141 cm³/mol. The third-order valence-corrected chi connectivity index (χ3v) is 9.19. The average molecular weight is 523 g/mol. The van der Waals surface area contributed by atoms with Crippen LogP contribution in [0.3, 0.4) is 0 Å². The maximum Gasteiger partial charge on any atom is 0.293 e. The largest absolute Gasteiger partial charge is 0.362 e. The van der Waals surface area contributed by atoms with Gasteiger partial charge in [0.15, 0.2) is 0 Å².